The number of halogens is 2. The van der Waals surface area contributed by atoms with Crippen molar-refractivity contribution in [1.29, 1.82) is 0 Å². The maximum atomic E-state index is 13.6. The predicted octanol–water partition coefficient (Wildman–Crippen LogP) is 3.46. The number of nitrogens with one attached hydrogen (secondary N) is 1. The number of nitrogen functional groups attached to an aromatic ring is 1. The first-order valence-electron chi connectivity index (χ1n) is 11.8. The molecular weight excluding hydrogens is 531 g/mol. The third-order valence-corrected chi connectivity index (χ3v) is 9.24. The fourth-order valence-electron chi connectivity index (χ4n) is 5.28. The van der Waals surface area contributed by atoms with Crippen LogP contribution in [0.1, 0.15) is 38.5 Å². The molecule has 0 bridgehead atoms. The van der Waals surface area contributed by atoms with Gasteiger partial charge >= 0.3 is 5.95 Å². The molecule has 0 radical (unpaired) electrons. The van der Waals surface area contributed by atoms with E-state index in [1.165, 1.54) is 35.5 Å². The lowest BCUT2D eigenvalue weighted by Gasteiger charge is -2.42. The highest BCUT2D eigenvalue weighted by Crippen LogP contribution is 2.36. The maximum absolute atomic E-state index is 13.6. The van der Waals surface area contributed by atoms with E-state index in [1.54, 1.807) is 4.90 Å². The summed E-state index contributed by atoms with van der Waals surface area (Å²) in [4.78, 5) is 29.3. The van der Waals surface area contributed by atoms with E-state index in [4.69, 9.17) is 28.9 Å². The Bertz CT molecular complexity index is 1230. The summed E-state index contributed by atoms with van der Waals surface area (Å²) in [6.07, 6.45) is 8.05. The monoisotopic (exact) mass is 558 g/mol. The molecule has 36 heavy (non-hydrogen) atoms. The van der Waals surface area contributed by atoms with Crippen LogP contribution >= 0.6 is 23.2 Å². The van der Waals surface area contributed by atoms with E-state index >= 15 is 0 Å². The number of amides is 1. The highest BCUT2D eigenvalue weighted by molar-refractivity contribution is 7.89. The van der Waals surface area contributed by atoms with Gasteiger partial charge in [0.2, 0.25) is 15.9 Å². The first kappa shape index (κ1) is 26.6. The largest absolute Gasteiger partial charge is 0.434 e. The molecule has 196 valence electrons. The van der Waals surface area contributed by atoms with E-state index in [-0.39, 0.29) is 39.5 Å². The van der Waals surface area contributed by atoms with Crippen molar-refractivity contribution in [2.75, 3.05) is 18.8 Å². The van der Waals surface area contributed by atoms with Gasteiger partial charge in [0.15, 0.2) is 0 Å². The number of hydrogen-bond acceptors (Lipinski definition) is 7. The van der Waals surface area contributed by atoms with E-state index in [0.29, 0.717) is 24.9 Å². The second-order valence-corrected chi connectivity index (χ2v) is 11.8. The number of nitrogens with two attached hydrogens (primary N) is 1. The number of likely N-dealkylation sites (tertiary alicyclic amines) is 1. The molecule has 1 amide bonds. The number of carbonyl (C=O) groups is 1. The van der Waals surface area contributed by atoms with Gasteiger partial charge in [-0.05, 0) is 41.7 Å². The summed E-state index contributed by atoms with van der Waals surface area (Å²) in [5.41, 5.74) is 5.76. The molecule has 1 aromatic carbocycles. The van der Waals surface area contributed by atoms with Crippen LogP contribution in [0.5, 0.6) is 0 Å². The van der Waals surface area contributed by atoms with Crippen LogP contribution in [-0.4, -0.2) is 52.8 Å². The molecular formula is C22H28Cl2N6O5S. The van der Waals surface area contributed by atoms with Crippen molar-refractivity contribution in [3.8, 4) is 0 Å². The van der Waals surface area contributed by atoms with E-state index < -0.39 is 26.9 Å². The molecule has 2 aromatic rings. The van der Waals surface area contributed by atoms with Crippen LogP contribution < -0.4 is 10.5 Å². The van der Waals surface area contributed by atoms with Gasteiger partial charge < -0.3 is 20.7 Å². The first-order chi connectivity index (χ1) is 17.1. The van der Waals surface area contributed by atoms with Crippen LogP contribution in [0, 0.1) is 22.0 Å². The minimum Gasteiger partial charge on any atom is -0.398 e. The summed E-state index contributed by atoms with van der Waals surface area (Å²) >= 11 is 12.1. The number of fused-ring (bicyclic) bond motifs is 1. The van der Waals surface area contributed by atoms with E-state index in [1.807, 2.05) is 0 Å². The van der Waals surface area contributed by atoms with Gasteiger partial charge in [-0.15, -0.1) is 0 Å². The number of piperidine rings is 1. The van der Waals surface area contributed by atoms with Gasteiger partial charge in [0.05, 0.1) is 17.3 Å². The minimum atomic E-state index is -4.33. The molecule has 1 saturated heterocycles. The maximum Gasteiger partial charge on any atom is 0.434 e. The number of hydrogen-bond donors (Lipinski definition) is 2. The summed E-state index contributed by atoms with van der Waals surface area (Å²) in [6.45, 7) is 1.10. The van der Waals surface area contributed by atoms with Crippen LogP contribution in [0.15, 0.2) is 29.4 Å². The first-order valence-corrected chi connectivity index (χ1v) is 14.0. The van der Waals surface area contributed by atoms with Gasteiger partial charge in [0, 0.05) is 24.5 Å². The molecule has 1 aromatic heterocycles. The molecule has 1 aliphatic carbocycles. The second-order valence-electron chi connectivity index (χ2n) is 9.32. The van der Waals surface area contributed by atoms with Crippen LogP contribution in [0.25, 0.3) is 0 Å². The Morgan fingerprint density at radius 1 is 1.25 bits per heavy atom. The lowest BCUT2D eigenvalue weighted by molar-refractivity contribution is -0.396. The Morgan fingerprint density at radius 2 is 1.97 bits per heavy atom. The third kappa shape index (κ3) is 5.77. The number of aryl methyl sites for hydroxylation is 1. The Balaban J connectivity index is 1.59. The molecule has 2 heterocycles. The topological polar surface area (TPSA) is 153 Å². The van der Waals surface area contributed by atoms with Crippen LogP contribution in [0.4, 0.5) is 11.6 Å². The zero-order chi connectivity index (χ0) is 26.0. The van der Waals surface area contributed by atoms with Crippen LogP contribution in [-0.2, 0) is 21.4 Å². The van der Waals surface area contributed by atoms with Crippen molar-refractivity contribution in [2.24, 2.45) is 11.8 Å². The normalized spacial score (nSPS) is 21.1. The second kappa shape index (κ2) is 10.9. The number of anilines is 1. The van der Waals surface area contributed by atoms with E-state index in [9.17, 15) is 23.3 Å². The number of carbonyl (C=O) groups excluding carboxylic acids is 1. The van der Waals surface area contributed by atoms with Crippen molar-refractivity contribution in [3.05, 3.63) is 44.7 Å². The molecule has 1 unspecified atom stereocenters. The summed E-state index contributed by atoms with van der Waals surface area (Å²) in [5, 5.41) is 11.3. The van der Waals surface area contributed by atoms with Gasteiger partial charge in [0.25, 0.3) is 0 Å². The lowest BCUT2D eigenvalue weighted by atomic mass is 9.75. The van der Waals surface area contributed by atoms with Crippen molar-refractivity contribution >= 4 is 50.8 Å². The Hall–Kier alpha value is -2.41. The number of aromatic nitrogens is 2. The molecule has 4 rings (SSSR count). The molecule has 11 nitrogen and oxygen atoms in total. The Kier molecular flexibility index (Phi) is 8.08. The molecule has 0 spiro atoms. The van der Waals surface area contributed by atoms with Crippen LogP contribution in [0.2, 0.25) is 10.0 Å². The number of imidazole rings is 1. The molecule has 14 heteroatoms. The van der Waals surface area contributed by atoms with Gasteiger partial charge in [-0.1, -0.05) is 47.4 Å². The Labute approximate surface area is 219 Å². The highest BCUT2D eigenvalue weighted by atomic mass is 35.5. The van der Waals surface area contributed by atoms with Crippen molar-refractivity contribution in [1.82, 2.24) is 19.2 Å². The fraction of sp³-hybridized carbons (Fsp3) is 0.545. The number of nitro groups is 1. The molecule has 2 aliphatic rings. The number of sulfonamides is 1. The van der Waals surface area contributed by atoms with Gasteiger partial charge in [0.1, 0.15) is 23.3 Å². The average molecular weight is 559 g/mol. The molecule has 3 N–H and O–H groups in total. The fourth-order valence-corrected chi connectivity index (χ4v) is 7.49. The van der Waals surface area contributed by atoms with E-state index in [2.05, 4.69) is 9.71 Å². The predicted molar refractivity (Wildman–Crippen MR) is 135 cm³/mol. The summed E-state index contributed by atoms with van der Waals surface area (Å²) in [6, 6.07) is 1.33. The SMILES string of the molecule is Nc1cc(Cl)cc(Cl)c1S(=O)(=O)NC(CCn1ccnc1[N+](=O)[O-])C(=O)N1CC[C@H]2CCCC[C@@H]2C1. The number of rotatable bonds is 8. The lowest BCUT2D eigenvalue weighted by Crippen LogP contribution is -2.53. The standard InChI is InChI=1S/C22H28Cl2N6O5S/c23-16-11-17(24)20(18(25)12-16)36(34,35)27-19(6-9-28-10-7-26-22(28)30(32)33)21(31)29-8-5-14-3-1-2-4-15(14)13-29/h7,10-12,14-15,19,27H,1-6,8-9,13,25H2/t14-,15-,19?/m1/s1. The molecule has 2 fully saturated rings. The van der Waals surface area contributed by atoms with Crippen molar-refractivity contribution in [2.45, 2.75) is 56.0 Å². The molecule has 1 aliphatic heterocycles. The summed E-state index contributed by atoms with van der Waals surface area (Å²) in [5.74, 6) is 0.204. The average Bonchev–Trinajstić information content (AvgIpc) is 3.29. The summed E-state index contributed by atoms with van der Waals surface area (Å²) < 4.78 is 30.4. The zero-order valence-electron chi connectivity index (χ0n) is 19.5. The quantitative estimate of drug-likeness (QED) is 0.285. The van der Waals surface area contributed by atoms with Gasteiger partial charge in [-0.25, -0.2) is 13.0 Å². The number of benzene rings is 1. The zero-order valence-corrected chi connectivity index (χ0v) is 21.8. The molecule has 1 saturated carbocycles. The smallest absolute Gasteiger partial charge is 0.398 e. The number of nitrogens with zero attached hydrogens (tertiary/aromatic N) is 4. The third-order valence-electron chi connectivity index (χ3n) is 7.02. The summed E-state index contributed by atoms with van der Waals surface area (Å²) in [7, 11) is -4.33. The van der Waals surface area contributed by atoms with Crippen molar-refractivity contribution in [3.63, 3.8) is 0 Å². The molecule has 3 atom stereocenters. The minimum absolute atomic E-state index is 0.00103. The van der Waals surface area contributed by atoms with E-state index in [0.717, 1.165) is 25.7 Å². The van der Waals surface area contributed by atoms with Crippen molar-refractivity contribution < 1.29 is 18.1 Å². The highest BCUT2D eigenvalue weighted by Gasteiger charge is 2.37. The van der Waals surface area contributed by atoms with Gasteiger partial charge in [-0.3, -0.25) is 4.79 Å². The Morgan fingerprint density at radius 3 is 2.67 bits per heavy atom. The van der Waals surface area contributed by atoms with Gasteiger partial charge in [-0.2, -0.15) is 4.72 Å². The van der Waals surface area contributed by atoms with Crippen LogP contribution in [0.3, 0.4) is 0 Å².